The first-order valence-corrected chi connectivity index (χ1v) is 12.7. The quantitative estimate of drug-likeness (QED) is 0.448. The van der Waals surface area contributed by atoms with Gasteiger partial charge in [0.1, 0.15) is 10.6 Å². The molecule has 2 aliphatic rings. The third-order valence-corrected chi connectivity index (χ3v) is 7.99. The third kappa shape index (κ3) is 4.11. The van der Waals surface area contributed by atoms with E-state index in [2.05, 4.69) is 44.9 Å². The number of pyridine rings is 2. The SMILES string of the molecule is CC1CCc2c(sc3nc(-c4cccnc4)nc(N4CCN(Cc5ccccn5)CC4)c23)C1. The van der Waals surface area contributed by atoms with Crippen LogP contribution in [0, 0.1) is 5.92 Å². The number of piperazine rings is 1. The molecule has 5 heterocycles. The van der Waals surface area contributed by atoms with Gasteiger partial charge in [-0.3, -0.25) is 14.9 Å². The average Bonchev–Trinajstić information content (AvgIpc) is 3.22. The topological polar surface area (TPSA) is 58.0 Å². The summed E-state index contributed by atoms with van der Waals surface area (Å²) < 4.78 is 0. The molecule has 1 aliphatic carbocycles. The normalized spacial score (nSPS) is 19.1. The second-order valence-electron chi connectivity index (χ2n) is 9.23. The molecular formula is C26H28N6S. The summed E-state index contributed by atoms with van der Waals surface area (Å²) in [5, 5.41) is 1.30. The smallest absolute Gasteiger partial charge is 0.164 e. The number of aromatic nitrogens is 4. The van der Waals surface area contributed by atoms with Crippen LogP contribution in [0.15, 0.2) is 48.9 Å². The summed E-state index contributed by atoms with van der Waals surface area (Å²) in [6.07, 6.45) is 9.10. The van der Waals surface area contributed by atoms with Gasteiger partial charge in [-0.15, -0.1) is 11.3 Å². The third-order valence-electron chi connectivity index (χ3n) is 6.84. The number of rotatable bonds is 4. The van der Waals surface area contributed by atoms with Crippen LogP contribution in [0.25, 0.3) is 21.6 Å². The molecule has 7 heteroatoms. The Morgan fingerprint density at radius 1 is 1.03 bits per heavy atom. The maximum Gasteiger partial charge on any atom is 0.164 e. The van der Waals surface area contributed by atoms with Crippen molar-refractivity contribution in [3.05, 3.63) is 65.1 Å². The molecule has 0 N–H and O–H groups in total. The fourth-order valence-corrected chi connectivity index (χ4v) is 6.39. The molecule has 33 heavy (non-hydrogen) atoms. The van der Waals surface area contributed by atoms with Crippen molar-refractivity contribution in [2.75, 3.05) is 31.1 Å². The second-order valence-corrected chi connectivity index (χ2v) is 10.3. The van der Waals surface area contributed by atoms with Gasteiger partial charge in [0.25, 0.3) is 0 Å². The van der Waals surface area contributed by atoms with Gasteiger partial charge in [0.15, 0.2) is 5.82 Å². The van der Waals surface area contributed by atoms with Gasteiger partial charge in [-0.2, -0.15) is 0 Å². The summed E-state index contributed by atoms with van der Waals surface area (Å²) >= 11 is 1.88. The predicted octanol–water partition coefficient (Wildman–Crippen LogP) is 4.60. The van der Waals surface area contributed by atoms with E-state index < -0.39 is 0 Å². The summed E-state index contributed by atoms with van der Waals surface area (Å²) in [5.41, 5.74) is 3.61. The lowest BCUT2D eigenvalue weighted by molar-refractivity contribution is 0.247. The molecule has 1 saturated heterocycles. The van der Waals surface area contributed by atoms with E-state index in [1.807, 2.05) is 35.9 Å². The van der Waals surface area contributed by atoms with Gasteiger partial charge in [0.2, 0.25) is 0 Å². The highest BCUT2D eigenvalue weighted by Crippen LogP contribution is 2.42. The van der Waals surface area contributed by atoms with Crippen LogP contribution in [-0.2, 0) is 19.4 Å². The minimum Gasteiger partial charge on any atom is -0.353 e. The van der Waals surface area contributed by atoms with Crippen molar-refractivity contribution in [2.45, 2.75) is 32.7 Å². The molecule has 0 spiro atoms. The molecule has 6 rings (SSSR count). The number of thiophene rings is 1. The number of nitrogens with zero attached hydrogens (tertiary/aromatic N) is 6. The van der Waals surface area contributed by atoms with Crippen molar-refractivity contribution in [1.29, 1.82) is 0 Å². The van der Waals surface area contributed by atoms with Crippen LogP contribution in [0.1, 0.15) is 29.5 Å². The first kappa shape index (κ1) is 20.7. The average molecular weight is 457 g/mol. The monoisotopic (exact) mass is 456 g/mol. The maximum atomic E-state index is 5.15. The Morgan fingerprint density at radius 2 is 1.94 bits per heavy atom. The van der Waals surface area contributed by atoms with Crippen LogP contribution >= 0.6 is 11.3 Å². The zero-order valence-corrected chi connectivity index (χ0v) is 19.8. The van der Waals surface area contributed by atoms with E-state index in [0.29, 0.717) is 0 Å². The molecular weight excluding hydrogens is 428 g/mol. The highest BCUT2D eigenvalue weighted by Gasteiger charge is 2.28. The summed E-state index contributed by atoms with van der Waals surface area (Å²) in [7, 11) is 0. The Labute approximate surface area is 198 Å². The Kier molecular flexibility index (Phi) is 5.52. The molecule has 1 unspecified atom stereocenters. The summed E-state index contributed by atoms with van der Waals surface area (Å²) in [5.74, 6) is 2.64. The Morgan fingerprint density at radius 3 is 2.73 bits per heavy atom. The summed E-state index contributed by atoms with van der Waals surface area (Å²) in [6, 6.07) is 10.2. The van der Waals surface area contributed by atoms with Crippen LogP contribution in [0.2, 0.25) is 0 Å². The molecule has 6 nitrogen and oxygen atoms in total. The van der Waals surface area contributed by atoms with Gasteiger partial charge >= 0.3 is 0 Å². The van der Waals surface area contributed by atoms with Crippen LogP contribution in [0.4, 0.5) is 5.82 Å². The van der Waals surface area contributed by atoms with Gasteiger partial charge in [0, 0.05) is 61.8 Å². The molecule has 1 aliphatic heterocycles. The number of anilines is 1. The van der Waals surface area contributed by atoms with Crippen LogP contribution in [0.5, 0.6) is 0 Å². The molecule has 0 bridgehead atoms. The van der Waals surface area contributed by atoms with Crippen molar-refractivity contribution >= 4 is 27.4 Å². The molecule has 0 radical (unpaired) electrons. The fourth-order valence-electron chi connectivity index (χ4n) is 5.01. The van der Waals surface area contributed by atoms with E-state index in [1.54, 1.807) is 6.20 Å². The molecule has 4 aromatic rings. The van der Waals surface area contributed by atoms with Crippen LogP contribution in [0.3, 0.4) is 0 Å². The van der Waals surface area contributed by atoms with Gasteiger partial charge in [-0.25, -0.2) is 9.97 Å². The maximum absolute atomic E-state index is 5.15. The van der Waals surface area contributed by atoms with E-state index in [0.717, 1.165) is 79.2 Å². The van der Waals surface area contributed by atoms with Crippen molar-refractivity contribution in [3.63, 3.8) is 0 Å². The highest BCUT2D eigenvalue weighted by molar-refractivity contribution is 7.19. The van der Waals surface area contributed by atoms with E-state index in [-0.39, 0.29) is 0 Å². The Balaban J connectivity index is 1.34. The standard InChI is InChI=1S/C26H28N6S/c1-18-7-8-21-22(15-18)33-26-23(21)25(29-24(30-26)19-5-4-9-27-16-19)32-13-11-31(12-14-32)17-20-6-2-3-10-28-20/h2-6,9-10,16,18H,7-8,11-15,17H2,1H3. The Hall–Kier alpha value is -2.90. The largest absolute Gasteiger partial charge is 0.353 e. The molecule has 0 aromatic carbocycles. The van der Waals surface area contributed by atoms with Crippen molar-refractivity contribution < 1.29 is 0 Å². The summed E-state index contributed by atoms with van der Waals surface area (Å²) in [6.45, 7) is 7.21. The summed E-state index contributed by atoms with van der Waals surface area (Å²) in [4.78, 5) is 26.6. The van der Waals surface area contributed by atoms with E-state index >= 15 is 0 Å². The van der Waals surface area contributed by atoms with Gasteiger partial charge in [0.05, 0.1) is 11.1 Å². The van der Waals surface area contributed by atoms with Gasteiger partial charge < -0.3 is 4.90 Å². The molecule has 1 fully saturated rings. The van der Waals surface area contributed by atoms with Crippen molar-refractivity contribution in [2.24, 2.45) is 5.92 Å². The molecule has 168 valence electrons. The minimum absolute atomic E-state index is 0.745. The van der Waals surface area contributed by atoms with E-state index in [9.17, 15) is 0 Å². The lowest BCUT2D eigenvalue weighted by Crippen LogP contribution is -2.46. The van der Waals surface area contributed by atoms with Crippen molar-refractivity contribution in [3.8, 4) is 11.4 Å². The van der Waals surface area contributed by atoms with E-state index in [1.165, 1.54) is 22.2 Å². The van der Waals surface area contributed by atoms with Crippen molar-refractivity contribution in [1.82, 2.24) is 24.8 Å². The lowest BCUT2D eigenvalue weighted by atomic mass is 9.89. The highest BCUT2D eigenvalue weighted by atomic mass is 32.1. The minimum atomic E-state index is 0.745. The fraction of sp³-hybridized carbons (Fsp3) is 0.385. The van der Waals surface area contributed by atoms with Crippen LogP contribution < -0.4 is 4.90 Å². The number of hydrogen-bond donors (Lipinski definition) is 0. The molecule has 4 aromatic heterocycles. The van der Waals surface area contributed by atoms with Crippen LogP contribution in [-0.4, -0.2) is 51.0 Å². The predicted molar refractivity (Wildman–Crippen MR) is 134 cm³/mol. The molecule has 0 amide bonds. The van der Waals surface area contributed by atoms with Gasteiger partial charge in [-0.05, 0) is 55.0 Å². The van der Waals surface area contributed by atoms with Gasteiger partial charge in [-0.1, -0.05) is 13.0 Å². The second kappa shape index (κ2) is 8.80. The number of aryl methyl sites for hydroxylation is 1. The number of hydrogen-bond acceptors (Lipinski definition) is 7. The lowest BCUT2D eigenvalue weighted by Gasteiger charge is -2.35. The zero-order chi connectivity index (χ0) is 22.2. The molecule has 0 saturated carbocycles. The first-order chi connectivity index (χ1) is 16.2. The van der Waals surface area contributed by atoms with E-state index in [4.69, 9.17) is 9.97 Å². The number of fused-ring (bicyclic) bond motifs is 3. The molecule has 1 atom stereocenters. The first-order valence-electron chi connectivity index (χ1n) is 11.8. The Bertz CT molecular complexity index is 1250. The zero-order valence-electron chi connectivity index (χ0n) is 18.9.